The molecule has 1 saturated heterocycles. The first-order valence-corrected chi connectivity index (χ1v) is 18.5. The number of thioether (sulfide) groups is 1. The third kappa shape index (κ3) is 7.93. The predicted octanol–water partition coefficient (Wildman–Crippen LogP) is 9.23. The number of hydrogen-bond donors (Lipinski definition) is 1. The summed E-state index contributed by atoms with van der Waals surface area (Å²) in [5, 5.41) is 20.7. The smallest absolute Gasteiger partial charge is 0.301 e. The number of aromatic nitrogens is 2. The van der Waals surface area contributed by atoms with Crippen molar-refractivity contribution in [2.45, 2.75) is 43.2 Å². The molecule has 0 radical (unpaired) electrons. The van der Waals surface area contributed by atoms with Crippen molar-refractivity contribution < 1.29 is 24.2 Å². The fraction of sp³-hybridized carbons (Fsp3) is 0.143. The van der Waals surface area contributed by atoms with Gasteiger partial charge in [0, 0.05) is 11.3 Å². The average Bonchev–Trinajstić information content (AvgIpc) is 3.74. The number of anilines is 1. The number of hydrogen-bond acceptors (Lipinski definition) is 9. The topological polar surface area (TPSA) is 102 Å². The van der Waals surface area contributed by atoms with E-state index in [-0.39, 0.29) is 16.5 Å². The summed E-state index contributed by atoms with van der Waals surface area (Å²) in [5.74, 6) is 0.00366. The predicted molar refractivity (Wildman–Crippen MR) is 205 cm³/mol. The van der Waals surface area contributed by atoms with Gasteiger partial charge in [0.1, 0.15) is 30.5 Å². The molecule has 1 fully saturated rings. The molecule has 1 aromatic heterocycles. The molecule has 0 bridgehead atoms. The van der Waals surface area contributed by atoms with Crippen molar-refractivity contribution in [1.82, 2.24) is 10.2 Å². The number of aliphatic hydroxyl groups excluding tert-OH is 1. The normalized spacial score (nSPS) is 15.2. The second kappa shape index (κ2) is 15.7. The number of benzene rings is 5. The molecule has 1 N–H and O–H groups in total. The van der Waals surface area contributed by atoms with E-state index in [4.69, 9.17) is 9.47 Å². The van der Waals surface area contributed by atoms with Gasteiger partial charge in [0.05, 0.1) is 11.6 Å². The third-order valence-electron chi connectivity index (χ3n) is 8.59. The van der Waals surface area contributed by atoms with E-state index in [0.29, 0.717) is 45.9 Å². The highest BCUT2D eigenvalue weighted by atomic mass is 32.2. The van der Waals surface area contributed by atoms with Gasteiger partial charge < -0.3 is 14.6 Å². The first-order chi connectivity index (χ1) is 25.3. The molecule has 1 amide bonds. The Hall–Kier alpha value is -5.71. The summed E-state index contributed by atoms with van der Waals surface area (Å²) < 4.78 is 12.6. The first-order valence-electron chi connectivity index (χ1n) is 16.7. The molecule has 1 atom stereocenters. The lowest BCUT2D eigenvalue weighted by atomic mass is 9.95. The summed E-state index contributed by atoms with van der Waals surface area (Å²) in [4.78, 5) is 28.9. The maximum Gasteiger partial charge on any atom is 0.301 e. The van der Waals surface area contributed by atoms with Crippen molar-refractivity contribution >= 4 is 45.7 Å². The first kappa shape index (κ1) is 34.7. The Labute approximate surface area is 310 Å². The molecule has 0 aliphatic carbocycles. The maximum atomic E-state index is 13.8. The number of aliphatic hydroxyl groups is 1. The summed E-state index contributed by atoms with van der Waals surface area (Å²) in [6.07, 6.45) is 0. The highest BCUT2D eigenvalue weighted by molar-refractivity contribution is 8.00. The average molecular weight is 726 g/mol. The molecule has 0 spiro atoms. The monoisotopic (exact) mass is 725 g/mol. The molecule has 1 aliphatic rings. The number of aryl methyl sites for hydroxylation is 2. The number of nitrogens with zero attached hydrogens (tertiary/aromatic N) is 3. The van der Waals surface area contributed by atoms with Gasteiger partial charge in [-0.25, -0.2) is 0 Å². The molecule has 8 nitrogen and oxygen atoms in total. The Kier molecular flexibility index (Phi) is 10.5. The van der Waals surface area contributed by atoms with Crippen LogP contribution in [0.1, 0.15) is 45.0 Å². The fourth-order valence-electron chi connectivity index (χ4n) is 5.85. The Morgan fingerprint density at radius 1 is 0.731 bits per heavy atom. The molecule has 2 heterocycles. The highest BCUT2D eigenvalue weighted by Gasteiger charge is 2.48. The van der Waals surface area contributed by atoms with Crippen molar-refractivity contribution in [3.05, 3.63) is 172 Å². The van der Waals surface area contributed by atoms with E-state index in [2.05, 4.69) is 40.5 Å². The van der Waals surface area contributed by atoms with Crippen LogP contribution in [0.2, 0.25) is 0 Å². The molecule has 5 aromatic carbocycles. The van der Waals surface area contributed by atoms with Gasteiger partial charge in [0.2, 0.25) is 5.13 Å². The zero-order chi connectivity index (χ0) is 36.0. The van der Waals surface area contributed by atoms with Crippen LogP contribution in [0, 0.1) is 13.8 Å². The number of carbonyl (C=O) groups excluding carboxylic acids is 2. The quantitative estimate of drug-likeness (QED) is 0.0438. The molecule has 52 heavy (non-hydrogen) atoms. The number of carbonyl (C=O) groups is 2. The summed E-state index contributed by atoms with van der Waals surface area (Å²) in [6, 6.07) is 39.2. The molecule has 10 heteroatoms. The van der Waals surface area contributed by atoms with Crippen molar-refractivity contribution in [2.75, 3.05) is 4.90 Å². The largest absolute Gasteiger partial charge is 0.507 e. The fourth-order valence-corrected chi connectivity index (χ4v) is 7.68. The van der Waals surface area contributed by atoms with Crippen molar-refractivity contribution in [2.24, 2.45) is 0 Å². The van der Waals surface area contributed by atoms with Crippen molar-refractivity contribution in [1.29, 1.82) is 0 Å². The van der Waals surface area contributed by atoms with Crippen LogP contribution in [0.5, 0.6) is 11.5 Å². The minimum absolute atomic E-state index is 0.0413. The van der Waals surface area contributed by atoms with Gasteiger partial charge in [-0.05, 0) is 72.5 Å². The number of ketones is 1. The van der Waals surface area contributed by atoms with Crippen LogP contribution in [-0.4, -0.2) is 27.0 Å². The SMILES string of the molecule is Cc1ccc(CSc2nnc(N3C(=O)C(=O)C(=C(O)c4ccc(OCc5cccc(C)c5)cc4)C3c3ccc(OCc4ccccc4)cc3)s2)cc1. The Morgan fingerprint density at radius 2 is 1.38 bits per heavy atom. The van der Waals surface area contributed by atoms with E-state index in [1.807, 2.05) is 62.4 Å². The lowest BCUT2D eigenvalue weighted by molar-refractivity contribution is -0.132. The zero-order valence-electron chi connectivity index (χ0n) is 28.6. The van der Waals surface area contributed by atoms with Crippen LogP contribution in [0.4, 0.5) is 5.13 Å². The van der Waals surface area contributed by atoms with E-state index in [1.165, 1.54) is 33.6 Å². The van der Waals surface area contributed by atoms with E-state index in [0.717, 1.165) is 22.3 Å². The molecular weight excluding hydrogens is 691 g/mol. The summed E-state index contributed by atoms with van der Waals surface area (Å²) in [5.41, 5.74) is 6.47. The number of ether oxygens (including phenoxy) is 2. The number of amides is 1. The highest BCUT2D eigenvalue weighted by Crippen LogP contribution is 2.44. The van der Waals surface area contributed by atoms with Crippen LogP contribution in [0.15, 0.2) is 137 Å². The van der Waals surface area contributed by atoms with Gasteiger partial charge in [-0.1, -0.05) is 125 Å². The molecule has 0 saturated carbocycles. The van der Waals surface area contributed by atoms with Gasteiger partial charge >= 0.3 is 5.91 Å². The second-order valence-corrected chi connectivity index (χ2v) is 14.6. The third-order valence-corrected chi connectivity index (χ3v) is 10.7. The van der Waals surface area contributed by atoms with E-state index < -0.39 is 17.7 Å². The lowest BCUT2D eigenvalue weighted by Gasteiger charge is -2.22. The Balaban J connectivity index is 1.17. The molecule has 1 unspecified atom stereocenters. The molecular formula is C42H35N3O5S2. The van der Waals surface area contributed by atoms with Crippen LogP contribution in [-0.2, 0) is 28.6 Å². The van der Waals surface area contributed by atoms with Gasteiger partial charge in [-0.2, -0.15) is 0 Å². The molecule has 6 aromatic rings. The van der Waals surface area contributed by atoms with Crippen LogP contribution < -0.4 is 14.4 Å². The van der Waals surface area contributed by atoms with E-state index in [1.54, 1.807) is 48.5 Å². The second-order valence-electron chi connectivity index (χ2n) is 12.4. The standard InChI is InChI=1S/C42H35N3O5S2/c1-27-11-13-30(14-12-27)26-51-42-44-43-41(52-42)45-37(32-15-19-34(20-16-32)49-24-29-8-4-3-5-9-29)36(39(47)40(45)48)38(46)33-17-21-35(22-18-33)50-25-31-10-6-7-28(2)23-31/h3-23,37,46H,24-26H2,1-2H3. The van der Waals surface area contributed by atoms with Gasteiger partial charge in [0.15, 0.2) is 4.34 Å². The Morgan fingerprint density at radius 3 is 2.08 bits per heavy atom. The summed E-state index contributed by atoms with van der Waals surface area (Å²) in [6.45, 7) is 4.84. The minimum Gasteiger partial charge on any atom is -0.507 e. The van der Waals surface area contributed by atoms with Gasteiger partial charge in [0.25, 0.3) is 5.78 Å². The van der Waals surface area contributed by atoms with Crippen molar-refractivity contribution in [3.63, 3.8) is 0 Å². The van der Waals surface area contributed by atoms with Gasteiger partial charge in [-0.3, -0.25) is 14.5 Å². The number of Topliss-reactive ketones (excluding diaryl/α,β-unsaturated/α-hetero) is 1. The maximum absolute atomic E-state index is 13.8. The van der Waals surface area contributed by atoms with Gasteiger partial charge in [-0.15, -0.1) is 10.2 Å². The van der Waals surface area contributed by atoms with Crippen LogP contribution in [0.25, 0.3) is 5.76 Å². The molecule has 260 valence electrons. The van der Waals surface area contributed by atoms with Crippen molar-refractivity contribution in [3.8, 4) is 11.5 Å². The minimum atomic E-state index is -0.955. The summed E-state index contributed by atoms with van der Waals surface area (Å²) in [7, 11) is 0. The van der Waals surface area contributed by atoms with Crippen LogP contribution in [0.3, 0.4) is 0 Å². The molecule has 7 rings (SSSR count). The van der Waals surface area contributed by atoms with E-state index in [9.17, 15) is 14.7 Å². The lowest BCUT2D eigenvalue weighted by Crippen LogP contribution is -2.29. The van der Waals surface area contributed by atoms with Crippen LogP contribution >= 0.6 is 23.1 Å². The summed E-state index contributed by atoms with van der Waals surface area (Å²) >= 11 is 2.73. The zero-order valence-corrected chi connectivity index (χ0v) is 30.2. The number of rotatable bonds is 12. The Bertz CT molecular complexity index is 2220. The molecule has 1 aliphatic heterocycles. The van der Waals surface area contributed by atoms with E-state index >= 15 is 0 Å².